The Labute approximate surface area is 152 Å². The Balaban J connectivity index is 1.67. The first-order valence-electron chi connectivity index (χ1n) is 8.44. The van der Waals surface area contributed by atoms with Crippen molar-refractivity contribution in [2.24, 2.45) is 0 Å². The third-order valence-corrected chi connectivity index (χ3v) is 4.35. The van der Waals surface area contributed by atoms with Crippen molar-refractivity contribution in [1.82, 2.24) is 15.1 Å². The molecule has 0 radical (unpaired) electrons. The third kappa shape index (κ3) is 3.81. The number of hydrogen-bond donors (Lipinski definition) is 1. The number of para-hydroxylation sites is 1. The second-order valence-corrected chi connectivity index (χ2v) is 6.16. The van der Waals surface area contributed by atoms with Gasteiger partial charge < -0.3 is 5.32 Å². The summed E-state index contributed by atoms with van der Waals surface area (Å²) in [5.74, 6) is -0.0480. The van der Waals surface area contributed by atoms with E-state index >= 15 is 0 Å². The van der Waals surface area contributed by atoms with Crippen LogP contribution in [-0.4, -0.2) is 15.7 Å². The Morgan fingerprint density at radius 1 is 1.12 bits per heavy atom. The lowest BCUT2D eigenvalue weighted by Gasteiger charge is -2.07. The summed E-state index contributed by atoms with van der Waals surface area (Å²) in [6.45, 7) is 4.35. The van der Waals surface area contributed by atoms with Crippen LogP contribution in [-0.2, 0) is 17.8 Å². The van der Waals surface area contributed by atoms with E-state index in [1.165, 1.54) is 0 Å². The first-order chi connectivity index (χ1) is 12.6. The molecular formula is C21H20N4O. The zero-order valence-corrected chi connectivity index (χ0v) is 14.9. The van der Waals surface area contributed by atoms with Crippen molar-refractivity contribution in [3.8, 4) is 11.8 Å². The predicted molar refractivity (Wildman–Crippen MR) is 99.7 cm³/mol. The predicted octanol–water partition coefficient (Wildman–Crippen LogP) is 3.22. The van der Waals surface area contributed by atoms with E-state index in [0.717, 1.165) is 28.2 Å². The van der Waals surface area contributed by atoms with Gasteiger partial charge in [0, 0.05) is 17.8 Å². The van der Waals surface area contributed by atoms with Gasteiger partial charge in [0.05, 0.1) is 29.4 Å². The fourth-order valence-corrected chi connectivity index (χ4v) is 2.87. The molecule has 0 aliphatic heterocycles. The first-order valence-corrected chi connectivity index (χ1v) is 8.44. The first kappa shape index (κ1) is 17.4. The molecule has 5 heteroatoms. The third-order valence-electron chi connectivity index (χ3n) is 4.35. The highest BCUT2D eigenvalue weighted by Crippen LogP contribution is 2.18. The molecule has 0 saturated carbocycles. The van der Waals surface area contributed by atoms with Gasteiger partial charge in [0.25, 0.3) is 0 Å². The molecule has 0 fully saturated rings. The quantitative estimate of drug-likeness (QED) is 0.772. The normalized spacial score (nSPS) is 10.3. The average molecular weight is 344 g/mol. The topological polar surface area (TPSA) is 70.7 Å². The zero-order valence-electron chi connectivity index (χ0n) is 14.9. The highest BCUT2D eigenvalue weighted by atomic mass is 16.1. The number of nitriles is 1. The summed E-state index contributed by atoms with van der Waals surface area (Å²) < 4.78 is 1.87. The molecule has 130 valence electrons. The number of carbonyl (C=O) groups excluding carboxylic acids is 1. The van der Waals surface area contributed by atoms with Crippen LogP contribution in [0.4, 0.5) is 0 Å². The van der Waals surface area contributed by atoms with Crippen molar-refractivity contribution in [3.05, 3.63) is 82.7 Å². The fourth-order valence-electron chi connectivity index (χ4n) is 2.87. The summed E-state index contributed by atoms with van der Waals surface area (Å²) in [5, 5.41) is 16.3. The largest absolute Gasteiger partial charge is 0.352 e. The van der Waals surface area contributed by atoms with Crippen LogP contribution in [0.25, 0.3) is 5.69 Å². The second kappa shape index (κ2) is 7.66. The number of aryl methyl sites for hydroxylation is 1. The van der Waals surface area contributed by atoms with Crippen LogP contribution in [0.2, 0.25) is 0 Å². The number of nitrogens with one attached hydrogen (secondary N) is 1. The molecule has 3 aromatic rings. The lowest BCUT2D eigenvalue weighted by molar-refractivity contribution is -0.120. The minimum Gasteiger partial charge on any atom is -0.352 e. The van der Waals surface area contributed by atoms with Crippen molar-refractivity contribution in [3.63, 3.8) is 0 Å². The van der Waals surface area contributed by atoms with Gasteiger partial charge in [0.2, 0.25) is 5.91 Å². The lowest BCUT2D eigenvalue weighted by atomic mass is 10.1. The molecule has 1 N–H and O–H groups in total. The number of rotatable bonds is 5. The summed E-state index contributed by atoms with van der Waals surface area (Å²) in [6.07, 6.45) is 0.292. The molecule has 0 unspecified atom stereocenters. The van der Waals surface area contributed by atoms with E-state index in [9.17, 15) is 4.79 Å². The van der Waals surface area contributed by atoms with Crippen LogP contribution < -0.4 is 5.32 Å². The van der Waals surface area contributed by atoms with Crippen LogP contribution in [0.3, 0.4) is 0 Å². The minimum absolute atomic E-state index is 0.0480. The van der Waals surface area contributed by atoms with E-state index in [1.807, 2.05) is 61.0 Å². The van der Waals surface area contributed by atoms with Crippen molar-refractivity contribution in [1.29, 1.82) is 5.26 Å². The van der Waals surface area contributed by atoms with E-state index in [4.69, 9.17) is 5.26 Å². The van der Waals surface area contributed by atoms with Gasteiger partial charge in [-0.1, -0.05) is 30.3 Å². The van der Waals surface area contributed by atoms with Crippen molar-refractivity contribution < 1.29 is 4.79 Å². The van der Waals surface area contributed by atoms with Gasteiger partial charge in [0.15, 0.2) is 0 Å². The second-order valence-electron chi connectivity index (χ2n) is 6.16. The van der Waals surface area contributed by atoms with Gasteiger partial charge >= 0.3 is 0 Å². The molecule has 0 atom stereocenters. The molecule has 1 aromatic heterocycles. The molecule has 0 aliphatic carbocycles. The lowest BCUT2D eigenvalue weighted by Crippen LogP contribution is -2.25. The van der Waals surface area contributed by atoms with Crippen molar-refractivity contribution in [2.75, 3.05) is 0 Å². The molecule has 0 saturated heterocycles. The summed E-state index contributed by atoms with van der Waals surface area (Å²) in [7, 11) is 0. The maximum absolute atomic E-state index is 12.4. The van der Waals surface area contributed by atoms with E-state index < -0.39 is 0 Å². The maximum Gasteiger partial charge on any atom is 0.224 e. The van der Waals surface area contributed by atoms with E-state index in [2.05, 4.69) is 16.5 Å². The zero-order chi connectivity index (χ0) is 18.5. The SMILES string of the molecule is Cc1nn(-c2ccccc2)c(C)c1CC(=O)NCc1ccc(C#N)cc1. The van der Waals surface area contributed by atoms with Crippen molar-refractivity contribution in [2.45, 2.75) is 26.8 Å². The number of aromatic nitrogens is 2. The van der Waals surface area contributed by atoms with Crippen LogP contribution in [0.1, 0.15) is 28.1 Å². The van der Waals surface area contributed by atoms with Crippen LogP contribution in [0.5, 0.6) is 0 Å². The van der Waals surface area contributed by atoms with Gasteiger partial charge in [-0.3, -0.25) is 4.79 Å². The summed E-state index contributed by atoms with van der Waals surface area (Å²) in [4.78, 5) is 12.4. The molecule has 2 aromatic carbocycles. The fraction of sp³-hybridized carbons (Fsp3) is 0.190. The van der Waals surface area contributed by atoms with E-state index in [-0.39, 0.29) is 5.91 Å². The molecular weight excluding hydrogens is 324 g/mol. The molecule has 1 heterocycles. The smallest absolute Gasteiger partial charge is 0.224 e. The van der Waals surface area contributed by atoms with E-state index in [1.54, 1.807) is 12.1 Å². The summed E-state index contributed by atoms with van der Waals surface area (Å²) in [6, 6.07) is 19.2. The molecule has 0 spiro atoms. The van der Waals surface area contributed by atoms with Gasteiger partial charge in [0.1, 0.15) is 0 Å². The standard InChI is InChI=1S/C21H20N4O/c1-15-20(16(2)25(24-15)19-6-4-3-5-7-19)12-21(26)23-14-18-10-8-17(13-22)9-11-18/h3-11H,12,14H2,1-2H3,(H,23,26). The van der Waals surface area contributed by atoms with Gasteiger partial charge in [-0.05, 0) is 43.7 Å². The summed E-state index contributed by atoms with van der Waals surface area (Å²) in [5.41, 5.74) is 5.34. The van der Waals surface area contributed by atoms with Gasteiger partial charge in [-0.15, -0.1) is 0 Å². The summed E-state index contributed by atoms with van der Waals surface area (Å²) >= 11 is 0. The Morgan fingerprint density at radius 2 is 1.81 bits per heavy atom. The minimum atomic E-state index is -0.0480. The number of hydrogen-bond acceptors (Lipinski definition) is 3. The molecule has 26 heavy (non-hydrogen) atoms. The number of nitrogens with zero attached hydrogens (tertiary/aromatic N) is 3. The number of carbonyl (C=O) groups is 1. The number of benzene rings is 2. The molecule has 3 rings (SSSR count). The number of amides is 1. The molecule has 5 nitrogen and oxygen atoms in total. The highest BCUT2D eigenvalue weighted by Gasteiger charge is 2.15. The van der Waals surface area contributed by atoms with Crippen LogP contribution in [0.15, 0.2) is 54.6 Å². The average Bonchev–Trinajstić information content (AvgIpc) is 2.95. The van der Waals surface area contributed by atoms with Crippen LogP contribution >= 0.6 is 0 Å². The Kier molecular flexibility index (Phi) is 5.14. The maximum atomic E-state index is 12.4. The van der Waals surface area contributed by atoms with Crippen LogP contribution in [0, 0.1) is 25.2 Å². The Hall–Kier alpha value is -3.39. The monoisotopic (exact) mass is 344 g/mol. The van der Waals surface area contributed by atoms with E-state index in [0.29, 0.717) is 18.5 Å². The van der Waals surface area contributed by atoms with Gasteiger partial charge in [-0.2, -0.15) is 10.4 Å². The molecule has 0 bridgehead atoms. The Morgan fingerprint density at radius 3 is 2.46 bits per heavy atom. The molecule has 0 aliphatic rings. The highest BCUT2D eigenvalue weighted by molar-refractivity contribution is 5.79. The van der Waals surface area contributed by atoms with Crippen molar-refractivity contribution >= 4 is 5.91 Å². The molecule has 1 amide bonds. The van der Waals surface area contributed by atoms with Gasteiger partial charge in [-0.25, -0.2) is 4.68 Å². The Bertz CT molecular complexity index is 950.